The molecule has 0 N–H and O–H groups in total. The predicted octanol–water partition coefficient (Wildman–Crippen LogP) is 1.76. The molecule has 0 spiro atoms. The Kier molecular flexibility index (Phi) is 4.33. The molecule has 0 radical (unpaired) electrons. The van der Waals surface area contributed by atoms with Gasteiger partial charge in [0.05, 0.1) is 25.5 Å². The van der Waals surface area contributed by atoms with Crippen LogP contribution in [0, 0.1) is 17.2 Å². The van der Waals surface area contributed by atoms with Crippen molar-refractivity contribution in [3.05, 3.63) is 17.7 Å². The number of nitrogens with zero attached hydrogens (tertiary/aromatic N) is 2. The molecule has 0 bridgehead atoms. The lowest BCUT2D eigenvalue weighted by Crippen LogP contribution is -2.18. The van der Waals surface area contributed by atoms with Crippen LogP contribution in [0.3, 0.4) is 0 Å². The highest BCUT2D eigenvalue weighted by Gasteiger charge is 2.26. The van der Waals surface area contributed by atoms with E-state index < -0.39 is 5.92 Å². The lowest BCUT2D eigenvalue weighted by atomic mass is 9.95. The molecule has 0 aromatic heterocycles. The summed E-state index contributed by atoms with van der Waals surface area (Å²) in [6, 6.07) is 5.09. The maximum Gasteiger partial charge on any atom is 0.187 e. The molecule has 1 aliphatic heterocycles. The Bertz CT molecular complexity index is 590. The van der Waals surface area contributed by atoms with Crippen molar-refractivity contribution in [2.75, 3.05) is 27.4 Å². The highest BCUT2D eigenvalue weighted by Crippen LogP contribution is 2.37. The Labute approximate surface area is 116 Å². The summed E-state index contributed by atoms with van der Waals surface area (Å²) in [6.45, 7) is 0.762. The maximum atomic E-state index is 12.1. The minimum atomic E-state index is -0.845. The van der Waals surface area contributed by atoms with Crippen molar-refractivity contribution in [3.63, 3.8) is 0 Å². The van der Waals surface area contributed by atoms with Gasteiger partial charge in [0.2, 0.25) is 0 Å². The first-order valence-electron chi connectivity index (χ1n) is 6.03. The first kappa shape index (κ1) is 14.0. The molecule has 2 rings (SSSR count). The minimum absolute atomic E-state index is 0.281. The van der Waals surface area contributed by atoms with Crippen LogP contribution in [0.1, 0.15) is 10.4 Å². The van der Waals surface area contributed by atoms with Crippen LogP contribution in [-0.4, -0.2) is 39.4 Å². The van der Waals surface area contributed by atoms with E-state index in [1.807, 2.05) is 6.07 Å². The molecule has 1 unspecified atom stereocenters. The third-order valence-corrected chi connectivity index (χ3v) is 2.88. The van der Waals surface area contributed by atoms with E-state index in [-0.39, 0.29) is 5.78 Å². The Morgan fingerprint density at radius 2 is 2.10 bits per heavy atom. The molecule has 1 aliphatic rings. The van der Waals surface area contributed by atoms with E-state index in [0.29, 0.717) is 36.0 Å². The summed E-state index contributed by atoms with van der Waals surface area (Å²) in [4.78, 5) is 16.2. The Balaban J connectivity index is 2.36. The van der Waals surface area contributed by atoms with Crippen LogP contribution in [-0.2, 0) is 4.74 Å². The van der Waals surface area contributed by atoms with Crippen LogP contribution in [0.2, 0.25) is 0 Å². The number of hydrogen-bond donors (Lipinski definition) is 0. The number of benzene rings is 1. The largest absolute Gasteiger partial charge is 0.493 e. The number of carbonyl (C=O) groups excluding carboxylic acids is 1. The Hall–Kier alpha value is -2.39. The van der Waals surface area contributed by atoms with Crippen molar-refractivity contribution in [2.24, 2.45) is 10.9 Å². The normalized spacial score (nSPS) is 16.4. The molecular formula is C14H14N2O4. The molecule has 1 atom stereocenters. The third kappa shape index (κ3) is 2.63. The van der Waals surface area contributed by atoms with Gasteiger partial charge in [0.1, 0.15) is 12.5 Å². The summed E-state index contributed by atoms with van der Waals surface area (Å²) in [6.07, 6.45) is 1.34. The lowest BCUT2D eigenvalue weighted by Gasteiger charge is -2.16. The number of nitriles is 1. The van der Waals surface area contributed by atoms with Crippen molar-refractivity contribution in [1.29, 1.82) is 5.26 Å². The number of fused-ring (bicyclic) bond motifs is 1. The molecule has 6 nitrogen and oxygen atoms in total. The van der Waals surface area contributed by atoms with Crippen LogP contribution in [0.25, 0.3) is 0 Å². The number of Topliss-reactive ketones (excluding diaryl/α,β-unsaturated/α-hetero) is 1. The van der Waals surface area contributed by atoms with Crippen LogP contribution in [0.15, 0.2) is 17.1 Å². The van der Waals surface area contributed by atoms with E-state index in [1.54, 1.807) is 19.2 Å². The number of aliphatic imine (C=N–C) groups is 1. The van der Waals surface area contributed by atoms with Crippen LogP contribution >= 0.6 is 0 Å². The van der Waals surface area contributed by atoms with E-state index in [1.165, 1.54) is 13.3 Å². The maximum absolute atomic E-state index is 12.1. The van der Waals surface area contributed by atoms with Gasteiger partial charge in [0.15, 0.2) is 17.3 Å². The standard InChI is InChI=1S/C14H14N2O4/c1-18-3-4-20-13-5-10-11(6-12(13)19-2)16-8-9(7-15)14(10)17/h5-6,8-9H,3-4H2,1-2H3. The zero-order valence-electron chi connectivity index (χ0n) is 11.3. The van der Waals surface area contributed by atoms with Gasteiger partial charge in [-0.05, 0) is 6.07 Å². The second kappa shape index (κ2) is 6.17. The lowest BCUT2D eigenvalue weighted by molar-refractivity contribution is 0.0975. The first-order valence-corrected chi connectivity index (χ1v) is 6.03. The molecule has 1 aromatic rings. The summed E-state index contributed by atoms with van der Waals surface area (Å²) >= 11 is 0. The van der Waals surface area contributed by atoms with Crippen molar-refractivity contribution in [2.45, 2.75) is 0 Å². The van der Waals surface area contributed by atoms with Gasteiger partial charge in [0.25, 0.3) is 0 Å². The van der Waals surface area contributed by atoms with Crippen LogP contribution in [0.4, 0.5) is 5.69 Å². The van der Waals surface area contributed by atoms with Gasteiger partial charge in [-0.1, -0.05) is 0 Å². The van der Waals surface area contributed by atoms with E-state index in [0.717, 1.165) is 0 Å². The summed E-state index contributed by atoms with van der Waals surface area (Å²) in [5.74, 6) is -0.204. The van der Waals surface area contributed by atoms with Gasteiger partial charge in [-0.15, -0.1) is 0 Å². The summed E-state index contributed by atoms with van der Waals surface area (Å²) in [5.41, 5.74) is 0.852. The fraction of sp³-hybridized carbons (Fsp3) is 0.357. The molecule has 0 saturated carbocycles. The van der Waals surface area contributed by atoms with Gasteiger partial charge in [-0.3, -0.25) is 9.79 Å². The highest BCUT2D eigenvalue weighted by molar-refractivity contribution is 6.14. The van der Waals surface area contributed by atoms with Gasteiger partial charge >= 0.3 is 0 Å². The van der Waals surface area contributed by atoms with E-state index in [2.05, 4.69) is 4.99 Å². The van der Waals surface area contributed by atoms with E-state index in [4.69, 9.17) is 19.5 Å². The smallest absolute Gasteiger partial charge is 0.187 e. The second-order valence-electron chi connectivity index (χ2n) is 4.11. The van der Waals surface area contributed by atoms with Crippen molar-refractivity contribution in [1.82, 2.24) is 0 Å². The molecular weight excluding hydrogens is 260 g/mol. The topological polar surface area (TPSA) is 80.9 Å². The number of rotatable bonds is 5. The van der Waals surface area contributed by atoms with Gasteiger partial charge in [0, 0.05) is 25.0 Å². The predicted molar refractivity (Wildman–Crippen MR) is 72.0 cm³/mol. The molecule has 1 aromatic carbocycles. The van der Waals surface area contributed by atoms with Crippen molar-refractivity contribution < 1.29 is 19.0 Å². The van der Waals surface area contributed by atoms with Crippen LogP contribution in [0.5, 0.6) is 11.5 Å². The van der Waals surface area contributed by atoms with Gasteiger partial charge in [-0.2, -0.15) is 5.26 Å². The monoisotopic (exact) mass is 274 g/mol. The van der Waals surface area contributed by atoms with Crippen molar-refractivity contribution in [3.8, 4) is 17.6 Å². The SMILES string of the molecule is COCCOc1cc2c(cc1OC)N=CC(C#N)C2=O. The first-order chi connectivity index (χ1) is 9.71. The second-order valence-corrected chi connectivity index (χ2v) is 4.11. The average molecular weight is 274 g/mol. The summed E-state index contributed by atoms with van der Waals surface area (Å²) < 4.78 is 15.6. The molecule has 0 aliphatic carbocycles. The third-order valence-electron chi connectivity index (χ3n) is 2.88. The number of methoxy groups -OCH3 is 2. The Morgan fingerprint density at radius 3 is 2.75 bits per heavy atom. The number of carbonyl (C=O) groups is 1. The quantitative estimate of drug-likeness (QED) is 0.764. The zero-order chi connectivity index (χ0) is 14.5. The van der Waals surface area contributed by atoms with E-state index >= 15 is 0 Å². The molecule has 6 heteroatoms. The van der Waals surface area contributed by atoms with Gasteiger partial charge < -0.3 is 14.2 Å². The van der Waals surface area contributed by atoms with Gasteiger partial charge in [-0.25, -0.2) is 0 Å². The van der Waals surface area contributed by atoms with E-state index in [9.17, 15) is 4.79 Å². The molecule has 0 fully saturated rings. The van der Waals surface area contributed by atoms with Crippen LogP contribution < -0.4 is 9.47 Å². The van der Waals surface area contributed by atoms with Crippen molar-refractivity contribution >= 4 is 17.7 Å². The molecule has 0 saturated heterocycles. The number of ether oxygens (including phenoxy) is 3. The fourth-order valence-corrected chi connectivity index (χ4v) is 1.84. The molecule has 20 heavy (non-hydrogen) atoms. The number of hydrogen-bond acceptors (Lipinski definition) is 6. The zero-order valence-corrected chi connectivity index (χ0v) is 11.3. The highest BCUT2D eigenvalue weighted by atomic mass is 16.5. The fourth-order valence-electron chi connectivity index (χ4n) is 1.84. The molecule has 0 amide bonds. The minimum Gasteiger partial charge on any atom is -0.493 e. The summed E-state index contributed by atoms with van der Waals surface area (Å²) in [5, 5.41) is 8.90. The molecule has 1 heterocycles. The molecule has 104 valence electrons. The summed E-state index contributed by atoms with van der Waals surface area (Å²) in [7, 11) is 3.08. The Morgan fingerprint density at radius 1 is 1.30 bits per heavy atom. The number of ketones is 1. The average Bonchev–Trinajstić information content (AvgIpc) is 2.47.